The van der Waals surface area contributed by atoms with Gasteiger partial charge in [0.25, 0.3) is 0 Å². The van der Waals surface area contributed by atoms with Crippen LogP contribution in [0.4, 0.5) is 8.78 Å². The highest BCUT2D eigenvalue weighted by Gasteiger charge is 2.02. The van der Waals surface area contributed by atoms with Crippen LogP contribution in [0.1, 0.15) is 5.56 Å². The van der Waals surface area contributed by atoms with Gasteiger partial charge in [0.15, 0.2) is 0 Å². The number of hydrogen-bond donors (Lipinski definition) is 0. The second kappa shape index (κ2) is 4.41. The minimum Gasteiger partial charge on any atom is -0.491 e. The summed E-state index contributed by atoms with van der Waals surface area (Å²) in [4.78, 5) is 0. The topological polar surface area (TPSA) is 33.0 Å². The van der Waals surface area contributed by atoms with Crippen LogP contribution in [-0.4, -0.2) is 13.3 Å². The fraction of sp³-hybridized carbons (Fsp3) is 0.222. The van der Waals surface area contributed by atoms with E-state index in [0.717, 1.165) is 6.07 Å². The lowest BCUT2D eigenvalue weighted by atomic mass is 10.2. The third-order valence-electron chi connectivity index (χ3n) is 1.41. The van der Waals surface area contributed by atoms with Crippen molar-refractivity contribution in [2.24, 2.45) is 0 Å². The molecule has 0 aliphatic rings. The van der Waals surface area contributed by atoms with E-state index < -0.39 is 12.5 Å². The lowest BCUT2D eigenvalue weighted by Gasteiger charge is -2.03. The average molecular weight is 183 g/mol. The van der Waals surface area contributed by atoms with E-state index in [2.05, 4.69) is 0 Å². The molecule has 0 amide bonds. The number of halogens is 2. The van der Waals surface area contributed by atoms with Gasteiger partial charge in [-0.3, -0.25) is 0 Å². The van der Waals surface area contributed by atoms with Gasteiger partial charge in [0.05, 0.1) is 5.56 Å². The molecule has 2 nitrogen and oxygen atoms in total. The Bertz CT molecular complexity index is 333. The van der Waals surface area contributed by atoms with Crippen LogP contribution >= 0.6 is 0 Å². The van der Waals surface area contributed by atoms with E-state index in [-0.39, 0.29) is 17.9 Å². The Morgan fingerprint density at radius 1 is 1.46 bits per heavy atom. The van der Waals surface area contributed by atoms with E-state index in [1.807, 2.05) is 0 Å². The van der Waals surface area contributed by atoms with Crippen LogP contribution in [0, 0.1) is 17.1 Å². The van der Waals surface area contributed by atoms with Gasteiger partial charge in [-0.2, -0.15) is 5.26 Å². The van der Waals surface area contributed by atoms with Crippen molar-refractivity contribution in [3.63, 3.8) is 0 Å². The molecule has 0 radical (unpaired) electrons. The van der Waals surface area contributed by atoms with Gasteiger partial charge in [-0.05, 0) is 12.1 Å². The predicted octanol–water partition coefficient (Wildman–Crippen LogP) is 2.05. The maximum absolute atomic E-state index is 12.9. The van der Waals surface area contributed by atoms with Gasteiger partial charge in [-0.1, -0.05) is 0 Å². The van der Waals surface area contributed by atoms with Crippen LogP contribution in [-0.2, 0) is 0 Å². The highest BCUT2D eigenvalue weighted by atomic mass is 19.1. The van der Waals surface area contributed by atoms with Crippen molar-refractivity contribution in [1.29, 1.82) is 5.26 Å². The molecule has 13 heavy (non-hydrogen) atoms. The normalized spacial score (nSPS) is 9.31. The molecule has 68 valence electrons. The lowest BCUT2D eigenvalue weighted by Crippen LogP contribution is -1.99. The molecule has 0 spiro atoms. The Hall–Kier alpha value is -1.63. The van der Waals surface area contributed by atoms with Gasteiger partial charge in [0.2, 0.25) is 0 Å². The lowest BCUT2D eigenvalue weighted by molar-refractivity contribution is 0.272. The fourth-order valence-electron chi connectivity index (χ4n) is 0.833. The molecule has 0 fully saturated rings. The summed E-state index contributed by atoms with van der Waals surface area (Å²) in [6, 6.07) is 5.46. The highest BCUT2D eigenvalue weighted by molar-refractivity contribution is 5.36. The van der Waals surface area contributed by atoms with Crippen molar-refractivity contribution >= 4 is 0 Å². The summed E-state index contributed by atoms with van der Waals surface area (Å²) in [5, 5.41) is 8.39. The maximum atomic E-state index is 12.9. The molecule has 0 aliphatic heterocycles. The van der Waals surface area contributed by atoms with Gasteiger partial charge in [0, 0.05) is 6.07 Å². The minimum absolute atomic E-state index is 0.0485. The molecule has 4 heteroatoms. The standard InChI is InChI=1S/C9H7F2NO/c10-3-4-13-8-2-1-7(6-12)9(11)5-8/h1-2,5H,3-4H2. The monoisotopic (exact) mass is 183 g/mol. The van der Waals surface area contributed by atoms with E-state index in [4.69, 9.17) is 10.00 Å². The summed E-state index contributed by atoms with van der Waals surface area (Å²) in [6.07, 6.45) is 0. The Morgan fingerprint density at radius 3 is 2.77 bits per heavy atom. The van der Waals surface area contributed by atoms with E-state index in [1.54, 1.807) is 6.07 Å². The van der Waals surface area contributed by atoms with E-state index in [0.29, 0.717) is 0 Å². The molecule has 1 rings (SSSR count). The molecule has 1 aromatic rings. The Kier molecular flexibility index (Phi) is 3.21. The van der Waals surface area contributed by atoms with Gasteiger partial charge in [-0.25, -0.2) is 8.78 Å². The molecule has 1 aromatic carbocycles. The number of ether oxygens (including phenoxy) is 1. The number of rotatable bonds is 3. The van der Waals surface area contributed by atoms with Crippen LogP contribution in [0.25, 0.3) is 0 Å². The molecule has 0 bridgehead atoms. The first kappa shape index (κ1) is 9.46. The van der Waals surface area contributed by atoms with Crippen LogP contribution in [0.2, 0.25) is 0 Å². The zero-order chi connectivity index (χ0) is 9.68. The van der Waals surface area contributed by atoms with Crippen molar-refractivity contribution in [3.8, 4) is 11.8 Å². The summed E-state index contributed by atoms with van der Waals surface area (Å²) in [5.74, 6) is -0.423. The van der Waals surface area contributed by atoms with Crippen LogP contribution in [0.3, 0.4) is 0 Å². The van der Waals surface area contributed by atoms with Crippen LogP contribution in [0.5, 0.6) is 5.75 Å². The highest BCUT2D eigenvalue weighted by Crippen LogP contribution is 2.15. The first-order chi connectivity index (χ1) is 6.27. The van der Waals surface area contributed by atoms with Crippen molar-refractivity contribution in [2.75, 3.05) is 13.3 Å². The second-order valence-electron chi connectivity index (χ2n) is 2.29. The number of nitrogens with zero attached hydrogens (tertiary/aromatic N) is 1. The zero-order valence-electron chi connectivity index (χ0n) is 6.76. The third kappa shape index (κ3) is 2.41. The Labute approximate surface area is 74.4 Å². The van der Waals surface area contributed by atoms with E-state index in [1.165, 1.54) is 12.1 Å². The minimum atomic E-state index is -0.654. The summed E-state index contributed by atoms with van der Waals surface area (Å²) in [6.45, 7) is -0.729. The van der Waals surface area contributed by atoms with Gasteiger partial charge in [-0.15, -0.1) is 0 Å². The van der Waals surface area contributed by atoms with Gasteiger partial charge >= 0.3 is 0 Å². The quantitative estimate of drug-likeness (QED) is 0.718. The fourth-order valence-corrected chi connectivity index (χ4v) is 0.833. The maximum Gasteiger partial charge on any atom is 0.144 e. The molecular formula is C9H7F2NO. The summed E-state index contributed by atoms with van der Waals surface area (Å²) in [7, 11) is 0. The first-order valence-electron chi connectivity index (χ1n) is 3.66. The van der Waals surface area contributed by atoms with Crippen molar-refractivity contribution in [2.45, 2.75) is 0 Å². The number of benzene rings is 1. The van der Waals surface area contributed by atoms with Crippen LogP contribution in [0.15, 0.2) is 18.2 Å². The van der Waals surface area contributed by atoms with Crippen LogP contribution < -0.4 is 4.74 Å². The van der Waals surface area contributed by atoms with Gasteiger partial charge in [0.1, 0.15) is 30.9 Å². The molecule has 0 heterocycles. The molecule has 0 atom stereocenters. The summed E-state index contributed by atoms with van der Waals surface area (Å²) < 4.78 is 29.3. The molecule has 0 unspecified atom stereocenters. The SMILES string of the molecule is N#Cc1ccc(OCCF)cc1F. The third-order valence-corrected chi connectivity index (χ3v) is 1.41. The van der Waals surface area contributed by atoms with Crippen molar-refractivity contribution in [1.82, 2.24) is 0 Å². The predicted molar refractivity (Wildman–Crippen MR) is 42.6 cm³/mol. The molecule has 0 aliphatic carbocycles. The summed E-state index contributed by atoms with van der Waals surface area (Å²) in [5.41, 5.74) is -0.0485. The van der Waals surface area contributed by atoms with E-state index in [9.17, 15) is 8.78 Å². The first-order valence-corrected chi connectivity index (χ1v) is 3.66. The molecule has 0 N–H and O–H groups in total. The van der Waals surface area contributed by atoms with E-state index >= 15 is 0 Å². The smallest absolute Gasteiger partial charge is 0.144 e. The largest absolute Gasteiger partial charge is 0.491 e. The number of hydrogen-bond acceptors (Lipinski definition) is 2. The summed E-state index contributed by atoms with van der Waals surface area (Å²) >= 11 is 0. The molecular weight excluding hydrogens is 176 g/mol. The molecule has 0 saturated carbocycles. The Balaban J connectivity index is 2.79. The molecule has 0 saturated heterocycles. The average Bonchev–Trinajstić information content (AvgIpc) is 2.15. The van der Waals surface area contributed by atoms with Crippen molar-refractivity contribution in [3.05, 3.63) is 29.6 Å². The Morgan fingerprint density at radius 2 is 2.23 bits per heavy atom. The van der Waals surface area contributed by atoms with Crippen molar-refractivity contribution < 1.29 is 13.5 Å². The number of alkyl halides is 1. The number of nitriles is 1. The molecule has 0 aromatic heterocycles. The second-order valence-corrected chi connectivity index (χ2v) is 2.29. The van der Waals surface area contributed by atoms with Gasteiger partial charge < -0.3 is 4.74 Å². The zero-order valence-corrected chi connectivity index (χ0v) is 6.76.